The summed E-state index contributed by atoms with van der Waals surface area (Å²) in [6, 6.07) is 7.72. The Hall–Kier alpha value is -1.41. The fourth-order valence-corrected chi connectivity index (χ4v) is 2.36. The summed E-state index contributed by atoms with van der Waals surface area (Å²) in [5.74, 6) is 0.123. The maximum Gasteiger partial charge on any atom is 0.194 e. The monoisotopic (exact) mass is 216 g/mol. The van der Waals surface area contributed by atoms with Gasteiger partial charge in [0.2, 0.25) is 0 Å². The third-order valence-electron chi connectivity index (χ3n) is 2.38. The van der Waals surface area contributed by atoms with Crippen LogP contribution in [0.4, 0.5) is 0 Å². The molecule has 0 aliphatic carbocycles. The van der Waals surface area contributed by atoms with Crippen LogP contribution in [0.5, 0.6) is 0 Å². The Morgan fingerprint density at radius 3 is 2.60 bits per heavy atom. The molecule has 0 aliphatic rings. The van der Waals surface area contributed by atoms with E-state index in [0.29, 0.717) is 0 Å². The predicted molar refractivity (Wildman–Crippen MR) is 63.7 cm³/mol. The van der Waals surface area contributed by atoms with Gasteiger partial charge in [0.1, 0.15) is 0 Å². The lowest BCUT2D eigenvalue weighted by atomic mass is 10.0. The zero-order valence-electron chi connectivity index (χ0n) is 8.78. The molecule has 2 rings (SSSR count). The number of thiophene rings is 1. The summed E-state index contributed by atoms with van der Waals surface area (Å²) in [4.78, 5) is 12.1. The van der Waals surface area contributed by atoms with Crippen LogP contribution in [0.3, 0.4) is 0 Å². The third kappa shape index (κ3) is 2.00. The summed E-state index contributed by atoms with van der Waals surface area (Å²) in [7, 11) is 0. The Morgan fingerprint density at radius 2 is 2.00 bits per heavy atom. The summed E-state index contributed by atoms with van der Waals surface area (Å²) in [6.45, 7) is 3.97. The van der Waals surface area contributed by atoms with E-state index in [-0.39, 0.29) is 5.78 Å². The number of carbonyl (C=O) groups is 1. The second-order valence-electron chi connectivity index (χ2n) is 3.67. The molecule has 0 saturated carbocycles. The predicted octanol–water partition coefficient (Wildman–Crippen LogP) is 3.60. The van der Waals surface area contributed by atoms with Gasteiger partial charge in [0, 0.05) is 16.5 Å². The summed E-state index contributed by atoms with van der Waals surface area (Å²) >= 11 is 1.57. The molecule has 0 atom stereocenters. The summed E-state index contributed by atoms with van der Waals surface area (Å²) in [5.41, 5.74) is 3.78. The van der Waals surface area contributed by atoms with E-state index in [4.69, 9.17) is 0 Å². The number of ketones is 1. The Bertz CT molecular complexity index is 497. The van der Waals surface area contributed by atoms with Crippen molar-refractivity contribution in [3.8, 4) is 0 Å². The Morgan fingerprint density at radius 1 is 1.20 bits per heavy atom. The first-order valence-corrected chi connectivity index (χ1v) is 5.77. The molecule has 1 heterocycles. The van der Waals surface area contributed by atoms with Crippen LogP contribution in [-0.4, -0.2) is 5.78 Å². The van der Waals surface area contributed by atoms with E-state index in [9.17, 15) is 4.79 Å². The summed E-state index contributed by atoms with van der Waals surface area (Å²) < 4.78 is 0. The van der Waals surface area contributed by atoms with Crippen molar-refractivity contribution in [2.24, 2.45) is 0 Å². The first-order chi connectivity index (χ1) is 7.18. The van der Waals surface area contributed by atoms with Gasteiger partial charge in [0.15, 0.2) is 5.78 Å². The van der Waals surface area contributed by atoms with Gasteiger partial charge in [-0.2, -0.15) is 11.3 Å². The molecule has 76 valence electrons. The lowest BCUT2D eigenvalue weighted by molar-refractivity contribution is 0.103. The lowest BCUT2D eigenvalue weighted by Gasteiger charge is -2.01. The zero-order chi connectivity index (χ0) is 10.8. The summed E-state index contributed by atoms with van der Waals surface area (Å²) in [6.07, 6.45) is 0. The highest BCUT2D eigenvalue weighted by atomic mass is 32.1. The molecule has 1 aromatic carbocycles. The number of aryl methyl sites for hydroxylation is 2. The second kappa shape index (κ2) is 3.99. The average molecular weight is 216 g/mol. The van der Waals surface area contributed by atoms with E-state index in [2.05, 4.69) is 0 Å². The lowest BCUT2D eigenvalue weighted by Crippen LogP contribution is -2.01. The van der Waals surface area contributed by atoms with Crippen LogP contribution in [0.15, 0.2) is 35.0 Å². The quantitative estimate of drug-likeness (QED) is 0.701. The van der Waals surface area contributed by atoms with Crippen molar-refractivity contribution in [1.82, 2.24) is 0 Å². The van der Waals surface area contributed by atoms with Gasteiger partial charge in [-0.15, -0.1) is 0 Å². The highest BCUT2D eigenvalue weighted by Gasteiger charge is 2.11. The SMILES string of the molecule is Cc1cccc(C(=O)c2cscc2C)c1. The molecular formula is C13H12OS. The van der Waals surface area contributed by atoms with Gasteiger partial charge in [0.05, 0.1) is 0 Å². The van der Waals surface area contributed by atoms with Crippen molar-refractivity contribution in [2.45, 2.75) is 13.8 Å². The number of benzene rings is 1. The van der Waals surface area contributed by atoms with E-state index >= 15 is 0 Å². The molecule has 1 nitrogen and oxygen atoms in total. The molecule has 0 fully saturated rings. The molecule has 0 unspecified atom stereocenters. The minimum Gasteiger partial charge on any atom is -0.289 e. The van der Waals surface area contributed by atoms with Crippen LogP contribution in [0.2, 0.25) is 0 Å². The molecule has 0 amide bonds. The van der Waals surface area contributed by atoms with Crippen molar-refractivity contribution in [2.75, 3.05) is 0 Å². The van der Waals surface area contributed by atoms with Gasteiger partial charge in [-0.05, 0) is 30.9 Å². The van der Waals surface area contributed by atoms with E-state index < -0.39 is 0 Å². The maximum atomic E-state index is 12.1. The maximum absolute atomic E-state index is 12.1. The van der Waals surface area contributed by atoms with Crippen LogP contribution in [-0.2, 0) is 0 Å². The standard InChI is InChI=1S/C13H12OS/c1-9-4-3-5-11(6-9)13(14)12-8-15-7-10(12)2/h3-8H,1-2H3. The van der Waals surface area contributed by atoms with Crippen molar-refractivity contribution >= 4 is 17.1 Å². The average Bonchev–Trinajstić information content (AvgIpc) is 2.63. The Kier molecular flexibility index (Phi) is 2.69. The van der Waals surface area contributed by atoms with E-state index in [0.717, 1.165) is 22.3 Å². The van der Waals surface area contributed by atoms with Gasteiger partial charge >= 0.3 is 0 Å². The number of carbonyl (C=O) groups excluding carboxylic acids is 1. The minimum atomic E-state index is 0.123. The minimum absolute atomic E-state index is 0.123. The second-order valence-corrected chi connectivity index (χ2v) is 4.41. The van der Waals surface area contributed by atoms with Gasteiger partial charge in [-0.3, -0.25) is 4.79 Å². The first kappa shape index (κ1) is 10.1. The smallest absolute Gasteiger partial charge is 0.194 e. The van der Waals surface area contributed by atoms with Crippen LogP contribution < -0.4 is 0 Å². The van der Waals surface area contributed by atoms with E-state index in [1.54, 1.807) is 11.3 Å². The zero-order valence-corrected chi connectivity index (χ0v) is 9.60. The van der Waals surface area contributed by atoms with E-state index in [1.807, 2.05) is 48.9 Å². The molecule has 0 spiro atoms. The van der Waals surface area contributed by atoms with Crippen molar-refractivity contribution in [1.29, 1.82) is 0 Å². The van der Waals surface area contributed by atoms with E-state index in [1.165, 1.54) is 0 Å². The molecule has 2 aromatic rings. The van der Waals surface area contributed by atoms with Crippen molar-refractivity contribution in [3.63, 3.8) is 0 Å². The fraction of sp³-hybridized carbons (Fsp3) is 0.154. The van der Waals surface area contributed by atoms with Crippen LogP contribution in [0.25, 0.3) is 0 Å². The number of hydrogen-bond donors (Lipinski definition) is 0. The molecule has 0 aliphatic heterocycles. The third-order valence-corrected chi connectivity index (χ3v) is 3.24. The highest BCUT2D eigenvalue weighted by molar-refractivity contribution is 7.08. The molecule has 0 radical (unpaired) electrons. The molecule has 1 aromatic heterocycles. The van der Waals surface area contributed by atoms with Crippen LogP contribution in [0, 0.1) is 13.8 Å². The van der Waals surface area contributed by atoms with Crippen LogP contribution >= 0.6 is 11.3 Å². The highest BCUT2D eigenvalue weighted by Crippen LogP contribution is 2.18. The first-order valence-electron chi connectivity index (χ1n) is 4.82. The molecule has 0 N–H and O–H groups in total. The normalized spacial score (nSPS) is 10.3. The van der Waals surface area contributed by atoms with Gasteiger partial charge < -0.3 is 0 Å². The number of rotatable bonds is 2. The van der Waals surface area contributed by atoms with Crippen molar-refractivity contribution in [3.05, 3.63) is 57.3 Å². The molecule has 0 bridgehead atoms. The Labute approximate surface area is 93.4 Å². The molecule has 0 saturated heterocycles. The van der Waals surface area contributed by atoms with Crippen molar-refractivity contribution < 1.29 is 4.79 Å². The summed E-state index contributed by atoms with van der Waals surface area (Å²) in [5, 5.41) is 3.92. The van der Waals surface area contributed by atoms with Gasteiger partial charge in [-0.25, -0.2) is 0 Å². The van der Waals surface area contributed by atoms with Crippen LogP contribution in [0.1, 0.15) is 27.0 Å². The largest absolute Gasteiger partial charge is 0.289 e. The number of hydrogen-bond acceptors (Lipinski definition) is 2. The molecular weight excluding hydrogens is 204 g/mol. The Balaban J connectivity index is 2.41. The molecule has 15 heavy (non-hydrogen) atoms. The topological polar surface area (TPSA) is 17.1 Å². The van der Waals surface area contributed by atoms with Gasteiger partial charge in [0.25, 0.3) is 0 Å². The fourth-order valence-electron chi connectivity index (χ4n) is 1.53. The molecule has 2 heteroatoms. The van der Waals surface area contributed by atoms with Gasteiger partial charge in [-0.1, -0.05) is 23.8 Å².